The Morgan fingerprint density at radius 2 is 1.82 bits per heavy atom. The smallest absolute Gasteiger partial charge is 0.0685 e. The number of hydrogen-bond donors (Lipinski definition) is 3. The van der Waals surface area contributed by atoms with Gasteiger partial charge in [-0.15, -0.1) is 0 Å². The third-order valence-electron chi connectivity index (χ3n) is 1.71. The van der Waals surface area contributed by atoms with Crippen molar-refractivity contribution in [3.8, 4) is 0 Å². The van der Waals surface area contributed by atoms with E-state index in [0.717, 1.165) is 11.1 Å². The molecule has 0 atom stereocenters. The average Bonchev–Trinajstić information content (AvgIpc) is 1.97. The van der Waals surface area contributed by atoms with Gasteiger partial charge in [-0.05, 0) is 30.2 Å². The number of anilines is 2. The van der Waals surface area contributed by atoms with Crippen LogP contribution in [-0.4, -0.2) is 5.11 Å². The Kier molecular flexibility index (Phi) is 2.01. The fourth-order valence-electron chi connectivity index (χ4n) is 0.965. The summed E-state index contributed by atoms with van der Waals surface area (Å²) in [4.78, 5) is 0. The summed E-state index contributed by atoms with van der Waals surface area (Å²) < 4.78 is 0. The normalized spacial score (nSPS) is 10.0. The monoisotopic (exact) mass is 152 g/mol. The van der Waals surface area contributed by atoms with E-state index < -0.39 is 0 Å². The zero-order chi connectivity index (χ0) is 8.43. The van der Waals surface area contributed by atoms with E-state index in [4.69, 9.17) is 16.6 Å². The molecule has 0 unspecified atom stereocenters. The Balaban J connectivity index is 3.21. The van der Waals surface area contributed by atoms with Crippen LogP contribution in [0.1, 0.15) is 11.1 Å². The summed E-state index contributed by atoms with van der Waals surface area (Å²) in [5.41, 5.74) is 14.0. The lowest BCUT2D eigenvalue weighted by molar-refractivity contribution is 0.281. The second kappa shape index (κ2) is 2.80. The third kappa shape index (κ3) is 1.43. The van der Waals surface area contributed by atoms with Crippen molar-refractivity contribution in [3.63, 3.8) is 0 Å². The van der Waals surface area contributed by atoms with Gasteiger partial charge in [0.25, 0.3) is 0 Å². The van der Waals surface area contributed by atoms with E-state index in [-0.39, 0.29) is 6.61 Å². The number of nitrogen functional groups attached to an aromatic ring is 2. The molecule has 5 N–H and O–H groups in total. The molecule has 11 heavy (non-hydrogen) atoms. The van der Waals surface area contributed by atoms with Gasteiger partial charge in [0.05, 0.1) is 18.0 Å². The summed E-state index contributed by atoms with van der Waals surface area (Å²) in [6.07, 6.45) is 0. The predicted molar refractivity (Wildman–Crippen MR) is 45.9 cm³/mol. The standard InChI is InChI=1S/C8H12N2O/c1-5-2-7(9)8(10)3-6(5)4-11/h2-3,11H,4,9-10H2,1H3. The zero-order valence-electron chi connectivity index (χ0n) is 6.46. The molecular weight excluding hydrogens is 140 g/mol. The van der Waals surface area contributed by atoms with Crippen molar-refractivity contribution < 1.29 is 5.11 Å². The number of benzene rings is 1. The molecule has 0 aromatic heterocycles. The second-order valence-electron chi connectivity index (χ2n) is 2.57. The molecule has 0 radical (unpaired) electrons. The minimum Gasteiger partial charge on any atom is -0.397 e. The Bertz CT molecular complexity index is 271. The molecule has 0 saturated heterocycles. The molecule has 3 heteroatoms. The van der Waals surface area contributed by atoms with Crippen LogP contribution >= 0.6 is 0 Å². The highest BCUT2D eigenvalue weighted by molar-refractivity contribution is 5.65. The summed E-state index contributed by atoms with van der Waals surface area (Å²) in [6, 6.07) is 3.46. The lowest BCUT2D eigenvalue weighted by atomic mass is 10.1. The van der Waals surface area contributed by atoms with Crippen molar-refractivity contribution in [2.45, 2.75) is 13.5 Å². The van der Waals surface area contributed by atoms with Gasteiger partial charge in [-0.25, -0.2) is 0 Å². The lowest BCUT2D eigenvalue weighted by Gasteiger charge is -2.05. The summed E-state index contributed by atoms with van der Waals surface area (Å²) in [5, 5.41) is 8.84. The molecule has 0 amide bonds. The first-order valence-corrected chi connectivity index (χ1v) is 3.40. The van der Waals surface area contributed by atoms with Crippen molar-refractivity contribution >= 4 is 11.4 Å². The Hall–Kier alpha value is -1.22. The number of rotatable bonds is 1. The first-order chi connectivity index (χ1) is 5.15. The van der Waals surface area contributed by atoms with Crippen LogP contribution in [-0.2, 0) is 6.61 Å². The number of aliphatic hydroxyl groups excluding tert-OH is 1. The van der Waals surface area contributed by atoms with Crippen LogP contribution in [0.2, 0.25) is 0 Å². The number of aliphatic hydroxyl groups is 1. The fraction of sp³-hybridized carbons (Fsp3) is 0.250. The summed E-state index contributed by atoms with van der Waals surface area (Å²) in [5.74, 6) is 0. The van der Waals surface area contributed by atoms with Crippen LogP contribution in [0.4, 0.5) is 11.4 Å². The zero-order valence-corrected chi connectivity index (χ0v) is 6.46. The molecule has 1 aromatic carbocycles. The van der Waals surface area contributed by atoms with E-state index in [1.54, 1.807) is 12.1 Å². The van der Waals surface area contributed by atoms with Gasteiger partial charge in [-0.2, -0.15) is 0 Å². The molecule has 1 rings (SSSR count). The molecule has 0 aliphatic carbocycles. The van der Waals surface area contributed by atoms with Crippen LogP contribution in [0.15, 0.2) is 12.1 Å². The van der Waals surface area contributed by atoms with E-state index >= 15 is 0 Å². The highest BCUT2D eigenvalue weighted by atomic mass is 16.3. The van der Waals surface area contributed by atoms with Crippen molar-refractivity contribution in [2.75, 3.05) is 11.5 Å². The maximum absolute atomic E-state index is 8.84. The van der Waals surface area contributed by atoms with Crippen LogP contribution in [0.5, 0.6) is 0 Å². The first-order valence-electron chi connectivity index (χ1n) is 3.40. The largest absolute Gasteiger partial charge is 0.397 e. The van der Waals surface area contributed by atoms with E-state index in [9.17, 15) is 0 Å². The SMILES string of the molecule is Cc1cc(N)c(N)cc1CO. The van der Waals surface area contributed by atoms with Crippen LogP contribution in [0.25, 0.3) is 0 Å². The van der Waals surface area contributed by atoms with Gasteiger partial charge in [0, 0.05) is 0 Å². The Morgan fingerprint density at radius 1 is 1.27 bits per heavy atom. The summed E-state index contributed by atoms with van der Waals surface area (Å²) in [6.45, 7) is 1.90. The van der Waals surface area contributed by atoms with Crippen molar-refractivity contribution in [1.29, 1.82) is 0 Å². The maximum Gasteiger partial charge on any atom is 0.0685 e. The quantitative estimate of drug-likeness (QED) is 0.517. The average molecular weight is 152 g/mol. The molecule has 0 aliphatic rings. The minimum atomic E-state index is 0.0102. The van der Waals surface area contributed by atoms with E-state index in [1.165, 1.54) is 0 Å². The number of hydrogen-bond acceptors (Lipinski definition) is 3. The van der Waals surface area contributed by atoms with Gasteiger partial charge in [0.1, 0.15) is 0 Å². The molecular formula is C8H12N2O. The number of aryl methyl sites for hydroxylation is 1. The third-order valence-corrected chi connectivity index (χ3v) is 1.71. The van der Waals surface area contributed by atoms with Crippen LogP contribution < -0.4 is 11.5 Å². The Morgan fingerprint density at radius 3 is 2.36 bits per heavy atom. The van der Waals surface area contributed by atoms with Gasteiger partial charge in [0.15, 0.2) is 0 Å². The van der Waals surface area contributed by atoms with Crippen molar-refractivity contribution in [2.24, 2.45) is 0 Å². The summed E-state index contributed by atoms with van der Waals surface area (Å²) >= 11 is 0. The molecule has 0 spiro atoms. The van der Waals surface area contributed by atoms with Gasteiger partial charge >= 0.3 is 0 Å². The van der Waals surface area contributed by atoms with E-state index in [0.29, 0.717) is 11.4 Å². The lowest BCUT2D eigenvalue weighted by Crippen LogP contribution is -1.98. The maximum atomic E-state index is 8.84. The van der Waals surface area contributed by atoms with Gasteiger partial charge < -0.3 is 16.6 Å². The summed E-state index contributed by atoms with van der Waals surface area (Å²) in [7, 11) is 0. The molecule has 1 aromatic rings. The molecule has 0 heterocycles. The van der Waals surface area contributed by atoms with Crippen LogP contribution in [0, 0.1) is 6.92 Å². The predicted octanol–water partition coefficient (Wildman–Crippen LogP) is 0.652. The first kappa shape index (κ1) is 7.88. The highest BCUT2D eigenvalue weighted by Crippen LogP contribution is 2.19. The molecule has 60 valence electrons. The Labute approximate surface area is 65.6 Å². The second-order valence-corrected chi connectivity index (χ2v) is 2.57. The number of nitrogens with two attached hydrogens (primary N) is 2. The molecule has 0 aliphatic heterocycles. The topological polar surface area (TPSA) is 72.3 Å². The van der Waals surface area contributed by atoms with Gasteiger partial charge in [-0.1, -0.05) is 0 Å². The molecule has 0 bridgehead atoms. The molecule has 0 fully saturated rings. The fourth-order valence-corrected chi connectivity index (χ4v) is 0.965. The highest BCUT2D eigenvalue weighted by Gasteiger charge is 2.00. The van der Waals surface area contributed by atoms with Gasteiger partial charge in [-0.3, -0.25) is 0 Å². The van der Waals surface area contributed by atoms with Crippen molar-refractivity contribution in [3.05, 3.63) is 23.3 Å². The minimum absolute atomic E-state index is 0.0102. The van der Waals surface area contributed by atoms with E-state index in [1.807, 2.05) is 6.92 Å². The van der Waals surface area contributed by atoms with Crippen molar-refractivity contribution in [1.82, 2.24) is 0 Å². The molecule has 0 saturated carbocycles. The van der Waals surface area contributed by atoms with E-state index in [2.05, 4.69) is 0 Å². The van der Waals surface area contributed by atoms with Crippen LogP contribution in [0.3, 0.4) is 0 Å². The van der Waals surface area contributed by atoms with Gasteiger partial charge in [0.2, 0.25) is 0 Å². The molecule has 3 nitrogen and oxygen atoms in total.